The minimum Gasteiger partial charge on any atom is -0.478 e. The molecule has 0 saturated carbocycles. The van der Waals surface area contributed by atoms with E-state index in [2.05, 4.69) is 31.2 Å². The second-order valence-corrected chi connectivity index (χ2v) is 6.67. The summed E-state index contributed by atoms with van der Waals surface area (Å²) in [6, 6.07) is 4.83. The maximum atomic E-state index is 12.1. The Bertz CT molecular complexity index is 973. The van der Waals surface area contributed by atoms with E-state index in [9.17, 15) is 14.7 Å². The molecule has 3 rings (SSSR count). The molecular formula is C16H12BrN3O4S. The van der Waals surface area contributed by atoms with Crippen molar-refractivity contribution in [1.82, 2.24) is 9.97 Å². The van der Waals surface area contributed by atoms with Crippen LogP contribution in [-0.4, -0.2) is 33.6 Å². The maximum Gasteiger partial charge on any atom is 0.339 e. The maximum absolute atomic E-state index is 12.1. The molecule has 0 aliphatic carbocycles. The van der Waals surface area contributed by atoms with Gasteiger partial charge >= 0.3 is 11.9 Å². The van der Waals surface area contributed by atoms with Crippen LogP contribution in [0.25, 0.3) is 10.2 Å². The highest BCUT2D eigenvalue weighted by atomic mass is 79.9. The monoisotopic (exact) mass is 421 g/mol. The third kappa shape index (κ3) is 3.47. The van der Waals surface area contributed by atoms with Crippen LogP contribution in [0.15, 0.2) is 34.4 Å². The van der Waals surface area contributed by atoms with Crippen molar-refractivity contribution in [2.75, 3.05) is 11.9 Å². The Morgan fingerprint density at radius 3 is 2.84 bits per heavy atom. The summed E-state index contributed by atoms with van der Waals surface area (Å²) in [4.78, 5) is 32.6. The van der Waals surface area contributed by atoms with Crippen LogP contribution in [0.1, 0.15) is 27.6 Å². The highest BCUT2D eigenvalue weighted by Gasteiger charge is 2.19. The molecule has 2 aromatic heterocycles. The average molecular weight is 422 g/mol. The second kappa shape index (κ2) is 7.16. The average Bonchev–Trinajstić information content (AvgIpc) is 3.01. The van der Waals surface area contributed by atoms with Gasteiger partial charge in [0.05, 0.1) is 28.8 Å². The van der Waals surface area contributed by atoms with E-state index in [4.69, 9.17) is 4.74 Å². The smallest absolute Gasteiger partial charge is 0.339 e. The van der Waals surface area contributed by atoms with Gasteiger partial charge in [0.2, 0.25) is 0 Å². The number of esters is 1. The molecule has 0 unspecified atom stereocenters. The number of carboxylic acid groups (broad SMARTS) is 1. The Balaban J connectivity index is 2.10. The van der Waals surface area contributed by atoms with Crippen molar-refractivity contribution in [3.05, 3.63) is 45.5 Å². The standard InChI is InChI=1S/C16H12BrN3O4S/c1-2-24-16(23)10-6-25-14-12(10)13(18-7-19-14)20-11-4-3-8(17)5-9(11)15(21)22/h3-7H,2H2,1H3,(H,21,22)(H,18,19,20). The first kappa shape index (κ1) is 17.3. The van der Waals surface area contributed by atoms with E-state index in [1.807, 2.05) is 0 Å². The molecule has 2 heterocycles. The number of thiophene rings is 1. The van der Waals surface area contributed by atoms with Gasteiger partial charge in [-0.05, 0) is 25.1 Å². The molecule has 3 aromatic rings. The molecule has 0 bridgehead atoms. The molecule has 0 aliphatic rings. The highest BCUT2D eigenvalue weighted by Crippen LogP contribution is 2.32. The summed E-state index contributed by atoms with van der Waals surface area (Å²) in [7, 11) is 0. The molecule has 9 heteroatoms. The predicted molar refractivity (Wildman–Crippen MR) is 97.8 cm³/mol. The fraction of sp³-hybridized carbons (Fsp3) is 0.125. The van der Waals surface area contributed by atoms with Gasteiger partial charge < -0.3 is 15.2 Å². The molecule has 7 nitrogen and oxygen atoms in total. The number of fused-ring (bicyclic) bond motifs is 1. The number of halogens is 1. The number of carbonyl (C=O) groups is 2. The number of carboxylic acids is 1. The lowest BCUT2D eigenvalue weighted by Gasteiger charge is -2.11. The first-order valence-electron chi connectivity index (χ1n) is 7.20. The van der Waals surface area contributed by atoms with Crippen molar-refractivity contribution in [3.63, 3.8) is 0 Å². The van der Waals surface area contributed by atoms with Crippen LogP contribution in [0.3, 0.4) is 0 Å². The Morgan fingerprint density at radius 2 is 2.12 bits per heavy atom. The first-order valence-corrected chi connectivity index (χ1v) is 8.87. The molecule has 0 atom stereocenters. The molecule has 25 heavy (non-hydrogen) atoms. The van der Waals surface area contributed by atoms with Crippen molar-refractivity contribution >= 4 is 60.9 Å². The zero-order valence-corrected chi connectivity index (χ0v) is 15.3. The fourth-order valence-electron chi connectivity index (χ4n) is 2.26. The number of nitrogens with zero attached hydrogens (tertiary/aromatic N) is 2. The minimum atomic E-state index is -1.08. The number of carbonyl (C=O) groups excluding carboxylic acids is 1. The predicted octanol–water partition coefficient (Wildman–Crippen LogP) is 4.07. The summed E-state index contributed by atoms with van der Waals surface area (Å²) >= 11 is 4.55. The van der Waals surface area contributed by atoms with E-state index in [0.717, 1.165) is 0 Å². The summed E-state index contributed by atoms with van der Waals surface area (Å²) in [5, 5.41) is 14.5. The van der Waals surface area contributed by atoms with Crippen LogP contribution in [0, 0.1) is 0 Å². The molecule has 0 spiro atoms. The lowest BCUT2D eigenvalue weighted by atomic mass is 10.1. The Labute approximate surface area is 154 Å². The van der Waals surface area contributed by atoms with E-state index in [1.165, 1.54) is 23.7 Å². The second-order valence-electron chi connectivity index (χ2n) is 4.89. The number of hydrogen-bond acceptors (Lipinski definition) is 7. The molecule has 0 amide bonds. The molecule has 0 fully saturated rings. The SMILES string of the molecule is CCOC(=O)c1csc2ncnc(Nc3ccc(Br)cc3C(=O)O)c12. The summed E-state index contributed by atoms with van der Waals surface area (Å²) in [6.45, 7) is 1.98. The number of aromatic carboxylic acids is 1. The number of ether oxygens (including phenoxy) is 1. The molecule has 1 aromatic carbocycles. The van der Waals surface area contributed by atoms with Gasteiger partial charge in [-0.15, -0.1) is 11.3 Å². The number of rotatable bonds is 5. The summed E-state index contributed by atoms with van der Waals surface area (Å²) in [6.07, 6.45) is 1.36. The van der Waals surface area contributed by atoms with E-state index in [0.29, 0.717) is 31.8 Å². The lowest BCUT2D eigenvalue weighted by molar-refractivity contribution is 0.0528. The molecule has 2 N–H and O–H groups in total. The van der Waals surface area contributed by atoms with Crippen LogP contribution in [-0.2, 0) is 4.74 Å². The number of hydrogen-bond donors (Lipinski definition) is 2. The largest absolute Gasteiger partial charge is 0.478 e. The summed E-state index contributed by atoms with van der Waals surface area (Å²) < 4.78 is 5.71. The molecule has 0 aliphatic heterocycles. The molecule has 0 saturated heterocycles. The number of nitrogens with one attached hydrogen (secondary N) is 1. The molecule has 0 radical (unpaired) electrons. The summed E-state index contributed by atoms with van der Waals surface area (Å²) in [5.74, 6) is -1.20. The van der Waals surface area contributed by atoms with E-state index in [-0.39, 0.29) is 12.2 Å². The third-order valence-electron chi connectivity index (χ3n) is 3.33. The molecular weight excluding hydrogens is 410 g/mol. The normalized spacial score (nSPS) is 10.6. The van der Waals surface area contributed by atoms with Crippen molar-refractivity contribution in [1.29, 1.82) is 0 Å². The van der Waals surface area contributed by atoms with Crippen molar-refractivity contribution in [2.45, 2.75) is 6.92 Å². The van der Waals surface area contributed by atoms with Gasteiger partial charge in [-0.1, -0.05) is 15.9 Å². The van der Waals surface area contributed by atoms with Gasteiger partial charge in [0.1, 0.15) is 17.0 Å². The van der Waals surface area contributed by atoms with Crippen LogP contribution in [0.2, 0.25) is 0 Å². The van der Waals surface area contributed by atoms with Crippen molar-refractivity contribution in [3.8, 4) is 0 Å². The van der Waals surface area contributed by atoms with Crippen molar-refractivity contribution < 1.29 is 19.4 Å². The van der Waals surface area contributed by atoms with Crippen LogP contribution >= 0.6 is 27.3 Å². The van der Waals surface area contributed by atoms with Gasteiger partial charge in [0, 0.05) is 9.85 Å². The Morgan fingerprint density at radius 1 is 1.32 bits per heavy atom. The van der Waals surface area contributed by atoms with E-state index in [1.54, 1.807) is 24.4 Å². The van der Waals surface area contributed by atoms with Gasteiger partial charge in [0.15, 0.2) is 0 Å². The zero-order chi connectivity index (χ0) is 18.0. The van der Waals surface area contributed by atoms with E-state index >= 15 is 0 Å². The van der Waals surface area contributed by atoms with Crippen LogP contribution in [0.4, 0.5) is 11.5 Å². The fourth-order valence-corrected chi connectivity index (χ4v) is 3.50. The number of aromatic nitrogens is 2. The minimum absolute atomic E-state index is 0.0778. The van der Waals surface area contributed by atoms with Crippen LogP contribution in [0.5, 0.6) is 0 Å². The lowest BCUT2D eigenvalue weighted by Crippen LogP contribution is -2.07. The van der Waals surface area contributed by atoms with Gasteiger partial charge in [-0.2, -0.15) is 0 Å². The first-order chi connectivity index (χ1) is 12.0. The molecule has 128 valence electrons. The van der Waals surface area contributed by atoms with E-state index < -0.39 is 11.9 Å². The van der Waals surface area contributed by atoms with Gasteiger partial charge in [-0.3, -0.25) is 0 Å². The number of anilines is 2. The van der Waals surface area contributed by atoms with Gasteiger partial charge in [0.25, 0.3) is 0 Å². The Hall–Kier alpha value is -2.52. The topological polar surface area (TPSA) is 101 Å². The van der Waals surface area contributed by atoms with Crippen LogP contribution < -0.4 is 5.32 Å². The Kier molecular flexibility index (Phi) is 4.95. The number of benzene rings is 1. The summed E-state index contributed by atoms with van der Waals surface area (Å²) in [5.41, 5.74) is 0.782. The highest BCUT2D eigenvalue weighted by molar-refractivity contribution is 9.10. The quantitative estimate of drug-likeness (QED) is 0.598. The third-order valence-corrected chi connectivity index (χ3v) is 4.71. The van der Waals surface area contributed by atoms with Gasteiger partial charge in [-0.25, -0.2) is 19.6 Å². The van der Waals surface area contributed by atoms with Crippen molar-refractivity contribution in [2.24, 2.45) is 0 Å². The zero-order valence-electron chi connectivity index (χ0n) is 12.9.